The summed E-state index contributed by atoms with van der Waals surface area (Å²) >= 11 is 8.83. The monoisotopic (exact) mass is 220 g/mol. The van der Waals surface area contributed by atoms with Gasteiger partial charge >= 0.3 is 0 Å². The standard InChI is InChI=1S/C7H6BrClO/c8-4-5-1-2-6(9)3-7(5)10/h1-3,10H,4H2. The Balaban J connectivity index is 3.07. The van der Waals surface area contributed by atoms with Crippen LogP contribution in [0.1, 0.15) is 5.56 Å². The summed E-state index contributed by atoms with van der Waals surface area (Å²) in [5.74, 6) is 0.240. The Hall–Kier alpha value is -0.210. The smallest absolute Gasteiger partial charge is 0.121 e. The molecule has 0 amide bonds. The van der Waals surface area contributed by atoms with Crippen molar-refractivity contribution in [1.82, 2.24) is 0 Å². The molecular formula is C7H6BrClO. The van der Waals surface area contributed by atoms with Crippen molar-refractivity contribution in [1.29, 1.82) is 0 Å². The molecule has 10 heavy (non-hydrogen) atoms. The highest BCUT2D eigenvalue weighted by Crippen LogP contribution is 2.23. The third-order valence-corrected chi connectivity index (χ3v) is 2.03. The number of hydrogen-bond acceptors (Lipinski definition) is 1. The highest BCUT2D eigenvalue weighted by Gasteiger charge is 1.98. The summed E-state index contributed by atoms with van der Waals surface area (Å²) in [6.07, 6.45) is 0. The minimum absolute atomic E-state index is 0.240. The van der Waals surface area contributed by atoms with Crippen LogP contribution in [0.5, 0.6) is 5.75 Å². The maximum Gasteiger partial charge on any atom is 0.121 e. The average Bonchev–Trinajstić information content (AvgIpc) is 1.88. The molecular weight excluding hydrogens is 215 g/mol. The summed E-state index contributed by atoms with van der Waals surface area (Å²) in [5, 5.41) is 10.4. The molecule has 0 aliphatic carbocycles. The molecule has 1 rings (SSSR count). The van der Waals surface area contributed by atoms with E-state index in [0.717, 1.165) is 5.56 Å². The Morgan fingerprint density at radius 3 is 2.70 bits per heavy atom. The Morgan fingerprint density at radius 1 is 1.50 bits per heavy atom. The van der Waals surface area contributed by atoms with Crippen LogP contribution in [0, 0.1) is 0 Å². The molecule has 0 aliphatic rings. The Morgan fingerprint density at radius 2 is 2.20 bits per heavy atom. The van der Waals surface area contributed by atoms with Gasteiger partial charge in [-0.2, -0.15) is 0 Å². The zero-order valence-corrected chi connectivity index (χ0v) is 7.48. The predicted octanol–water partition coefficient (Wildman–Crippen LogP) is 2.94. The second-order valence-corrected chi connectivity index (χ2v) is 2.90. The lowest BCUT2D eigenvalue weighted by molar-refractivity contribution is 0.471. The molecule has 0 saturated carbocycles. The number of phenolic OH excluding ortho intramolecular Hbond substituents is 1. The van der Waals surface area contributed by atoms with Gasteiger partial charge in [-0.05, 0) is 12.1 Å². The fourth-order valence-electron chi connectivity index (χ4n) is 0.650. The van der Waals surface area contributed by atoms with Crippen LogP contribution in [-0.4, -0.2) is 5.11 Å². The van der Waals surface area contributed by atoms with E-state index in [4.69, 9.17) is 11.6 Å². The number of benzene rings is 1. The topological polar surface area (TPSA) is 20.2 Å². The van der Waals surface area contributed by atoms with Gasteiger partial charge in [0.15, 0.2) is 0 Å². The van der Waals surface area contributed by atoms with Crippen LogP contribution in [0.15, 0.2) is 18.2 Å². The quantitative estimate of drug-likeness (QED) is 0.723. The molecule has 0 radical (unpaired) electrons. The van der Waals surface area contributed by atoms with Gasteiger partial charge in [0.1, 0.15) is 5.75 Å². The number of halogens is 2. The summed E-state index contributed by atoms with van der Waals surface area (Å²) in [5.41, 5.74) is 0.851. The highest BCUT2D eigenvalue weighted by atomic mass is 79.9. The van der Waals surface area contributed by atoms with E-state index in [0.29, 0.717) is 10.4 Å². The average molecular weight is 221 g/mol. The van der Waals surface area contributed by atoms with Gasteiger partial charge in [-0.3, -0.25) is 0 Å². The summed E-state index contributed by atoms with van der Waals surface area (Å²) in [6.45, 7) is 0. The lowest BCUT2D eigenvalue weighted by Gasteiger charge is -1.98. The number of aromatic hydroxyl groups is 1. The van der Waals surface area contributed by atoms with Crippen LogP contribution >= 0.6 is 27.5 Å². The van der Waals surface area contributed by atoms with E-state index in [1.54, 1.807) is 12.1 Å². The SMILES string of the molecule is Oc1cc(Cl)ccc1CBr. The highest BCUT2D eigenvalue weighted by molar-refractivity contribution is 9.08. The zero-order valence-electron chi connectivity index (χ0n) is 5.14. The van der Waals surface area contributed by atoms with E-state index in [-0.39, 0.29) is 5.75 Å². The summed E-state index contributed by atoms with van der Waals surface area (Å²) < 4.78 is 0. The van der Waals surface area contributed by atoms with Crippen LogP contribution < -0.4 is 0 Å². The van der Waals surface area contributed by atoms with Gasteiger partial charge in [0.25, 0.3) is 0 Å². The van der Waals surface area contributed by atoms with Gasteiger partial charge in [0.05, 0.1) is 0 Å². The van der Waals surface area contributed by atoms with Gasteiger partial charge in [-0.1, -0.05) is 33.6 Å². The van der Waals surface area contributed by atoms with E-state index >= 15 is 0 Å². The van der Waals surface area contributed by atoms with E-state index in [1.165, 1.54) is 6.07 Å². The van der Waals surface area contributed by atoms with Gasteiger partial charge in [0.2, 0.25) is 0 Å². The first kappa shape index (κ1) is 7.89. The molecule has 0 saturated heterocycles. The summed E-state index contributed by atoms with van der Waals surface area (Å²) in [6, 6.07) is 5.06. The van der Waals surface area contributed by atoms with Crippen molar-refractivity contribution in [3.05, 3.63) is 28.8 Å². The van der Waals surface area contributed by atoms with E-state index in [2.05, 4.69) is 15.9 Å². The maximum atomic E-state index is 9.18. The van der Waals surface area contributed by atoms with Crippen molar-refractivity contribution >= 4 is 27.5 Å². The molecule has 0 unspecified atom stereocenters. The van der Waals surface area contributed by atoms with Crippen molar-refractivity contribution in [3.8, 4) is 5.75 Å². The molecule has 1 aromatic carbocycles. The molecule has 1 nitrogen and oxygen atoms in total. The fraction of sp³-hybridized carbons (Fsp3) is 0.143. The largest absolute Gasteiger partial charge is 0.508 e. The molecule has 0 atom stereocenters. The Labute approximate surface area is 72.8 Å². The third kappa shape index (κ3) is 1.64. The number of phenols is 1. The maximum absolute atomic E-state index is 9.18. The van der Waals surface area contributed by atoms with Crippen LogP contribution in [-0.2, 0) is 5.33 Å². The van der Waals surface area contributed by atoms with Crippen LogP contribution in [0.4, 0.5) is 0 Å². The van der Waals surface area contributed by atoms with Crippen molar-refractivity contribution in [3.63, 3.8) is 0 Å². The second-order valence-electron chi connectivity index (χ2n) is 1.91. The van der Waals surface area contributed by atoms with Crippen LogP contribution in [0.25, 0.3) is 0 Å². The van der Waals surface area contributed by atoms with Crippen molar-refractivity contribution in [2.75, 3.05) is 0 Å². The lowest BCUT2D eigenvalue weighted by Crippen LogP contribution is -1.77. The number of rotatable bonds is 1. The Kier molecular flexibility index (Phi) is 2.57. The molecule has 0 bridgehead atoms. The first-order valence-corrected chi connectivity index (χ1v) is 4.27. The minimum atomic E-state index is 0.240. The molecule has 0 heterocycles. The molecule has 54 valence electrons. The van der Waals surface area contributed by atoms with E-state index in [1.807, 2.05) is 0 Å². The van der Waals surface area contributed by atoms with Crippen molar-refractivity contribution in [2.24, 2.45) is 0 Å². The molecule has 0 fully saturated rings. The molecule has 0 spiro atoms. The van der Waals surface area contributed by atoms with Gasteiger partial charge in [-0.25, -0.2) is 0 Å². The van der Waals surface area contributed by atoms with Crippen molar-refractivity contribution < 1.29 is 5.11 Å². The predicted molar refractivity (Wildman–Crippen MR) is 45.7 cm³/mol. The summed E-state index contributed by atoms with van der Waals surface area (Å²) in [4.78, 5) is 0. The molecule has 0 aliphatic heterocycles. The van der Waals surface area contributed by atoms with Crippen LogP contribution in [0.2, 0.25) is 5.02 Å². The molecule has 0 aromatic heterocycles. The molecule has 1 aromatic rings. The fourth-order valence-corrected chi connectivity index (χ4v) is 1.29. The van der Waals surface area contributed by atoms with E-state index in [9.17, 15) is 5.11 Å². The van der Waals surface area contributed by atoms with Gasteiger partial charge in [0, 0.05) is 15.9 Å². The second kappa shape index (κ2) is 3.26. The van der Waals surface area contributed by atoms with Gasteiger partial charge < -0.3 is 5.11 Å². The molecule has 1 N–H and O–H groups in total. The van der Waals surface area contributed by atoms with Crippen LogP contribution in [0.3, 0.4) is 0 Å². The minimum Gasteiger partial charge on any atom is -0.508 e. The Bertz CT molecular complexity index is 237. The summed E-state index contributed by atoms with van der Waals surface area (Å²) in [7, 11) is 0. The van der Waals surface area contributed by atoms with E-state index < -0.39 is 0 Å². The normalized spacial score (nSPS) is 9.80. The number of hydrogen-bond donors (Lipinski definition) is 1. The first-order chi connectivity index (χ1) is 4.74. The lowest BCUT2D eigenvalue weighted by atomic mass is 10.2. The van der Waals surface area contributed by atoms with Gasteiger partial charge in [-0.15, -0.1) is 0 Å². The van der Waals surface area contributed by atoms with Crippen molar-refractivity contribution in [2.45, 2.75) is 5.33 Å². The number of alkyl halides is 1. The zero-order chi connectivity index (χ0) is 7.56. The molecule has 3 heteroatoms. The first-order valence-electron chi connectivity index (χ1n) is 2.77. The third-order valence-electron chi connectivity index (χ3n) is 1.19.